The van der Waals surface area contributed by atoms with Gasteiger partial charge in [-0.2, -0.15) is 5.26 Å². The maximum Gasteiger partial charge on any atom is 0.273 e. The smallest absolute Gasteiger partial charge is 0.273 e. The molecule has 0 bridgehead atoms. The summed E-state index contributed by atoms with van der Waals surface area (Å²) in [5.41, 5.74) is 0.381. The molecule has 1 rings (SSSR count). The molecule has 0 amide bonds. The molecule has 0 saturated heterocycles. The second-order valence-electron chi connectivity index (χ2n) is 3.19. The van der Waals surface area contributed by atoms with Crippen molar-refractivity contribution in [3.63, 3.8) is 0 Å². The van der Waals surface area contributed by atoms with Crippen molar-refractivity contribution in [1.82, 2.24) is 5.32 Å². The van der Waals surface area contributed by atoms with Crippen molar-refractivity contribution in [2.45, 2.75) is 6.54 Å². The molecule has 0 aliphatic carbocycles. The molecule has 0 heterocycles. The molecule has 1 aromatic rings. The first-order valence-electron chi connectivity index (χ1n) is 4.62. The highest BCUT2D eigenvalue weighted by Gasteiger charge is 2.13. The topological polar surface area (TPSA) is 119 Å². The number of hydrogen-bond donors (Lipinski definition) is 1. The highest BCUT2D eigenvalue weighted by atomic mass is 16.6. The first-order chi connectivity index (χ1) is 8.04. The third-order valence-electron chi connectivity index (χ3n) is 1.99. The Morgan fingerprint density at radius 1 is 1.53 bits per heavy atom. The summed E-state index contributed by atoms with van der Waals surface area (Å²) in [5, 5.41) is 32.0. The van der Waals surface area contributed by atoms with Crippen LogP contribution in [0.2, 0.25) is 0 Å². The zero-order valence-corrected chi connectivity index (χ0v) is 8.67. The van der Waals surface area contributed by atoms with Gasteiger partial charge in [-0.05, 0) is 12.1 Å². The van der Waals surface area contributed by atoms with Gasteiger partial charge in [0.15, 0.2) is 0 Å². The van der Waals surface area contributed by atoms with Gasteiger partial charge in [0.1, 0.15) is 0 Å². The van der Waals surface area contributed by atoms with Crippen molar-refractivity contribution in [2.75, 3.05) is 6.54 Å². The van der Waals surface area contributed by atoms with E-state index in [0.717, 1.165) is 0 Å². The first kappa shape index (κ1) is 12.6. The molecule has 7 nitrogen and oxygen atoms in total. The summed E-state index contributed by atoms with van der Waals surface area (Å²) >= 11 is 0. The predicted octanol–water partition coefficient (Wildman–Crippen LogP) is -0.694. The fourth-order valence-electron chi connectivity index (χ4n) is 1.27. The number of benzene rings is 1. The number of carboxylic acids is 1. The van der Waals surface area contributed by atoms with Gasteiger partial charge in [0.25, 0.3) is 5.69 Å². The van der Waals surface area contributed by atoms with Crippen LogP contribution in [0, 0.1) is 21.4 Å². The normalized spacial score (nSPS) is 9.59. The lowest BCUT2D eigenvalue weighted by atomic mass is 10.1. The third-order valence-corrected chi connectivity index (χ3v) is 1.99. The van der Waals surface area contributed by atoms with Crippen LogP contribution in [-0.2, 0) is 11.3 Å². The largest absolute Gasteiger partial charge is 0.549 e. The number of nitro benzene ring substituents is 1. The van der Waals surface area contributed by atoms with Crippen LogP contribution in [0.4, 0.5) is 5.69 Å². The Labute approximate surface area is 96.4 Å². The van der Waals surface area contributed by atoms with Crippen LogP contribution in [-0.4, -0.2) is 17.4 Å². The second-order valence-corrected chi connectivity index (χ2v) is 3.19. The predicted molar refractivity (Wildman–Crippen MR) is 54.5 cm³/mol. The molecule has 0 aliphatic heterocycles. The number of nitrogens with one attached hydrogen (secondary N) is 1. The van der Waals surface area contributed by atoms with Crippen molar-refractivity contribution < 1.29 is 14.8 Å². The fourth-order valence-corrected chi connectivity index (χ4v) is 1.27. The molecule has 7 heteroatoms. The molecule has 0 saturated carbocycles. The molecule has 0 spiro atoms. The number of hydrogen-bond acceptors (Lipinski definition) is 6. The van der Waals surface area contributed by atoms with Gasteiger partial charge in [-0.1, -0.05) is 0 Å². The molecule has 17 heavy (non-hydrogen) atoms. The number of rotatable bonds is 5. The van der Waals surface area contributed by atoms with Crippen molar-refractivity contribution >= 4 is 11.7 Å². The van der Waals surface area contributed by atoms with Crippen LogP contribution >= 0.6 is 0 Å². The van der Waals surface area contributed by atoms with E-state index in [2.05, 4.69) is 5.32 Å². The SMILES string of the molecule is N#Cc1ccc([N+](=O)[O-])c(CNCC(=O)[O-])c1. The number of carbonyl (C=O) groups excluding carboxylic acids is 1. The molecule has 0 atom stereocenters. The number of nitrogens with zero attached hydrogens (tertiary/aromatic N) is 2. The molecule has 0 aliphatic rings. The molecule has 0 aromatic heterocycles. The van der Waals surface area contributed by atoms with Gasteiger partial charge in [-0.25, -0.2) is 0 Å². The Hall–Kier alpha value is -2.46. The summed E-state index contributed by atoms with van der Waals surface area (Å²) in [6.45, 7) is -0.423. The van der Waals surface area contributed by atoms with Gasteiger partial charge in [-0.15, -0.1) is 0 Å². The highest BCUT2D eigenvalue weighted by Crippen LogP contribution is 2.19. The number of carbonyl (C=O) groups is 1. The minimum Gasteiger partial charge on any atom is -0.549 e. The molecule has 1 N–H and O–H groups in total. The molecule has 0 fully saturated rings. The Morgan fingerprint density at radius 2 is 2.24 bits per heavy atom. The van der Waals surface area contributed by atoms with E-state index in [9.17, 15) is 20.0 Å². The average molecular weight is 234 g/mol. The number of aliphatic carboxylic acids is 1. The van der Waals surface area contributed by atoms with E-state index in [4.69, 9.17) is 5.26 Å². The lowest BCUT2D eigenvalue weighted by Gasteiger charge is -2.06. The Balaban J connectivity index is 2.90. The molecular weight excluding hydrogens is 226 g/mol. The maximum atomic E-state index is 10.7. The summed E-state index contributed by atoms with van der Waals surface area (Å²) in [4.78, 5) is 20.3. The van der Waals surface area contributed by atoms with E-state index in [1.54, 1.807) is 0 Å². The summed E-state index contributed by atoms with van der Waals surface area (Å²) in [7, 11) is 0. The van der Waals surface area contributed by atoms with E-state index < -0.39 is 17.4 Å². The zero-order valence-electron chi connectivity index (χ0n) is 8.67. The highest BCUT2D eigenvalue weighted by molar-refractivity contribution is 5.66. The average Bonchev–Trinajstić information content (AvgIpc) is 2.28. The van der Waals surface area contributed by atoms with Crippen molar-refractivity contribution in [3.8, 4) is 6.07 Å². The lowest BCUT2D eigenvalue weighted by Crippen LogP contribution is -2.34. The van der Waals surface area contributed by atoms with E-state index >= 15 is 0 Å². The van der Waals surface area contributed by atoms with Crippen LogP contribution in [0.5, 0.6) is 0 Å². The fraction of sp³-hybridized carbons (Fsp3) is 0.200. The van der Waals surface area contributed by atoms with Crippen LogP contribution in [0.3, 0.4) is 0 Å². The van der Waals surface area contributed by atoms with Crippen molar-refractivity contribution in [3.05, 3.63) is 39.4 Å². The zero-order chi connectivity index (χ0) is 12.8. The van der Waals surface area contributed by atoms with Crippen LogP contribution in [0.1, 0.15) is 11.1 Å². The number of nitriles is 1. The first-order valence-corrected chi connectivity index (χ1v) is 4.62. The standard InChI is InChI=1S/C10H9N3O4/c11-4-7-1-2-9(13(16)17)8(3-7)5-12-6-10(14)15/h1-3,12H,5-6H2,(H,14,15)/p-1. The van der Waals surface area contributed by atoms with Crippen LogP contribution in [0.25, 0.3) is 0 Å². The van der Waals surface area contributed by atoms with Gasteiger partial charge in [0, 0.05) is 24.7 Å². The minimum absolute atomic E-state index is 0.0141. The Kier molecular flexibility index (Phi) is 4.14. The van der Waals surface area contributed by atoms with Gasteiger partial charge in [0.2, 0.25) is 0 Å². The van der Waals surface area contributed by atoms with Gasteiger partial charge in [-0.3, -0.25) is 10.1 Å². The van der Waals surface area contributed by atoms with Gasteiger partial charge in [0.05, 0.1) is 22.5 Å². The van der Waals surface area contributed by atoms with E-state index in [1.807, 2.05) is 6.07 Å². The number of nitro groups is 1. The monoisotopic (exact) mass is 234 g/mol. The molecule has 0 radical (unpaired) electrons. The van der Waals surface area contributed by atoms with Crippen LogP contribution in [0.15, 0.2) is 18.2 Å². The molecular formula is C10H8N3O4-. The van der Waals surface area contributed by atoms with Gasteiger partial charge < -0.3 is 15.2 Å². The quantitative estimate of drug-likeness (QED) is 0.531. The van der Waals surface area contributed by atoms with Crippen molar-refractivity contribution in [1.29, 1.82) is 5.26 Å². The van der Waals surface area contributed by atoms with E-state index in [0.29, 0.717) is 0 Å². The number of carboxylic acid groups (broad SMARTS) is 1. The van der Waals surface area contributed by atoms with Crippen LogP contribution < -0.4 is 10.4 Å². The summed E-state index contributed by atoms with van der Waals surface area (Å²) in [6, 6.07) is 5.75. The lowest BCUT2D eigenvalue weighted by molar-refractivity contribution is -0.385. The van der Waals surface area contributed by atoms with E-state index in [1.165, 1.54) is 18.2 Å². The molecule has 88 valence electrons. The van der Waals surface area contributed by atoms with E-state index in [-0.39, 0.29) is 23.4 Å². The summed E-state index contributed by atoms with van der Waals surface area (Å²) in [5.74, 6) is -1.30. The molecule has 0 unspecified atom stereocenters. The minimum atomic E-state index is -1.30. The van der Waals surface area contributed by atoms with Crippen molar-refractivity contribution in [2.24, 2.45) is 0 Å². The molecule has 1 aromatic carbocycles. The second kappa shape index (κ2) is 5.58. The Morgan fingerprint density at radius 3 is 2.76 bits per heavy atom. The summed E-state index contributed by atoms with van der Waals surface area (Å²) < 4.78 is 0. The third kappa shape index (κ3) is 3.55. The maximum absolute atomic E-state index is 10.7. The summed E-state index contributed by atoms with van der Waals surface area (Å²) in [6.07, 6.45) is 0. The Bertz CT molecular complexity index is 493. The van der Waals surface area contributed by atoms with Gasteiger partial charge >= 0.3 is 0 Å².